The molecule has 4 rings (SSSR count). The second-order valence-electron chi connectivity index (χ2n) is 6.71. The topological polar surface area (TPSA) is 89.0 Å². The predicted molar refractivity (Wildman–Crippen MR) is 111 cm³/mol. The lowest BCUT2D eigenvalue weighted by atomic mass is 10.1. The lowest BCUT2D eigenvalue weighted by Gasteiger charge is -2.12. The Kier molecular flexibility index (Phi) is 4.56. The van der Waals surface area contributed by atoms with Crippen molar-refractivity contribution in [2.75, 3.05) is 5.01 Å². The molecule has 0 radical (unpaired) electrons. The van der Waals surface area contributed by atoms with Gasteiger partial charge >= 0.3 is 0 Å². The molecule has 7 heteroatoms. The maximum absolute atomic E-state index is 12.9. The number of hydrogen-bond donors (Lipinski definition) is 0. The van der Waals surface area contributed by atoms with Crippen LogP contribution in [0.15, 0.2) is 75.8 Å². The fraction of sp³-hybridized carbons (Fsp3) is 0.0909. The molecule has 2 aromatic carbocycles. The fourth-order valence-corrected chi connectivity index (χ4v) is 3.12. The van der Waals surface area contributed by atoms with Gasteiger partial charge in [-0.3, -0.25) is 14.9 Å². The molecule has 29 heavy (non-hydrogen) atoms. The van der Waals surface area contributed by atoms with Crippen molar-refractivity contribution in [3.63, 3.8) is 0 Å². The van der Waals surface area contributed by atoms with Crippen LogP contribution in [0.1, 0.15) is 18.2 Å². The Labute approximate surface area is 166 Å². The van der Waals surface area contributed by atoms with Crippen LogP contribution >= 0.6 is 0 Å². The van der Waals surface area contributed by atoms with E-state index < -0.39 is 4.92 Å². The first kappa shape index (κ1) is 18.4. The van der Waals surface area contributed by atoms with Gasteiger partial charge in [-0.1, -0.05) is 24.3 Å². The number of anilines is 1. The fourth-order valence-electron chi connectivity index (χ4n) is 3.12. The maximum Gasteiger partial charge on any atom is 0.280 e. The van der Waals surface area contributed by atoms with Crippen LogP contribution in [-0.4, -0.2) is 16.5 Å². The average Bonchev–Trinajstić information content (AvgIpc) is 3.28. The molecule has 2 heterocycles. The number of aryl methyl sites for hydroxylation is 1. The number of carbonyl (C=O) groups is 1. The molecule has 0 bridgehead atoms. The van der Waals surface area contributed by atoms with E-state index in [1.54, 1.807) is 37.3 Å². The van der Waals surface area contributed by atoms with E-state index in [9.17, 15) is 14.9 Å². The van der Waals surface area contributed by atoms with Gasteiger partial charge in [-0.25, -0.2) is 0 Å². The lowest BCUT2D eigenvalue weighted by molar-refractivity contribution is -0.384. The third kappa shape index (κ3) is 3.58. The van der Waals surface area contributed by atoms with Gasteiger partial charge in [-0.05, 0) is 49.8 Å². The van der Waals surface area contributed by atoms with Gasteiger partial charge in [-0.2, -0.15) is 10.1 Å². The standard InChI is InChI=1S/C22H17N3O4/c1-14-5-3-7-17(11-14)24-22(26)20(15(2)23-24)13-19-9-10-21(29-19)16-6-4-8-18(12-16)25(27)28/h3-13H,1-2H3/b20-13+. The number of amides is 1. The molecule has 0 atom stereocenters. The van der Waals surface area contributed by atoms with Gasteiger partial charge in [0.05, 0.1) is 21.9 Å². The zero-order valence-corrected chi connectivity index (χ0v) is 15.8. The number of nitro groups is 1. The summed E-state index contributed by atoms with van der Waals surface area (Å²) in [6.07, 6.45) is 1.64. The van der Waals surface area contributed by atoms with Crippen molar-refractivity contribution in [1.82, 2.24) is 0 Å². The summed E-state index contributed by atoms with van der Waals surface area (Å²) < 4.78 is 5.80. The number of carbonyl (C=O) groups excluding carboxylic acids is 1. The predicted octanol–water partition coefficient (Wildman–Crippen LogP) is 4.97. The molecular weight excluding hydrogens is 370 g/mol. The minimum Gasteiger partial charge on any atom is -0.457 e. The van der Waals surface area contributed by atoms with Crippen LogP contribution < -0.4 is 5.01 Å². The summed E-state index contributed by atoms with van der Waals surface area (Å²) >= 11 is 0. The number of hydrazone groups is 1. The first-order chi connectivity index (χ1) is 13.9. The molecule has 0 spiro atoms. The van der Waals surface area contributed by atoms with Crippen LogP contribution in [-0.2, 0) is 4.79 Å². The van der Waals surface area contributed by atoms with E-state index >= 15 is 0 Å². The normalized spacial score (nSPS) is 15.1. The molecular formula is C22H17N3O4. The van der Waals surface area contributed by atoms with E-state index in [2.05, 4.69) is 5.10 Å². The van der Waals surface area contributed by atoms with Crippen molar-refractivity contribution in [3.8, 4) is 11.3 Å². The number of rotatable bonds is 4. The summed E-state index contributed by atoms with van der Waals surface area (Å²) in [5.74, 6) is 0.716. The molecule has 0 N–H and O–H groups in total. The van der Waals surface area contributed by atoms with Crippen molar-refractivity contribution < 1.29 is 14.1 Å². The Morgan fingerprint density at radius 1 is 1.07 bits per heavy atom. The summed E-state index contributed by atoms with van der Waals surface area (Å²) in [7, 11) is 0. The van der Waals surface area contributed by atoms with Gasteiger partial charge in [0.2, 0.25) is 0 Å². The molecule has 1 aromatic heterocycles. The van der Waals surface area contributed by atoms with Crippen molar-refractivity contribution in [1.29, 1.82) is 0 Å². The summed E-state index contributed by atoms with van der Waals surface area (Å²) in [5.41, 5.74) is 3.34. The molecule has 0 unspecified atom stereocenters. The molecule has 0 aliphatic carbocycles. The summed E-state index contributed by atoms with van der Waals surface area (Å²) in [4.78, 5) is 23.4. The molecule has 0 saturated heterocycles. The zero-order valence-electron chi connectivity index (χ0n) is 15.8. The summed E-state index contributed by atoms with van der Waals surface area (Å²) in [6, 6.07) is 17.2. The minimum absolute atomic E-state index is 0.0125. The SMILES string of the molecule is CC1=NN(c2cccc(C)c2)C(=O)/C1=C/c1ccc(-c2cccc([N+](=O)[O-])c2)o1. The Bertz CT molecular complexity index is 1190. The monoisotopic (exact) mass is 387 g/mol. The smallest absolute Gasteiger partial charge is 0.280 e. The molecule has 3 aromatic rings. The lowest BCUT2D eigenvalue weighted by Crippen LogP contribution is -2.21. The third-order valence-corrected chi connectivity index (χ3v) is 4.56. The highest BCUT2D eigenvalue weighted by Crippen LogP contribution is 2.29. The number of nitrogens with zero attached hydrogens (tertiary/aromatic N) is 3. The first-order valence-corrected chi connectivity index (χ1v) is 8.95. The highest BCUT2D eigenvalue weighted by Gasteiger charge is 2.29. The van der Waals surface area contributed by atoms with Gasteiger partial charge in [0.15, 0.2) is 0 Å². The quantitative estimate of drug-likeness (QED) is 0.359. The Hall–Kier alpha value is -4.00. The van der Waals surface area contributed by atoms with Crippen LogP contribution in [0.5, 0.6) is 0 Å². The molecule has 0 fully saturated rings. The van der Waals surface area contributed by atoms with E-state index in [1.165, 1.54) is 17.1 Å². The van der Waals surface area contributed by atoms with Gasteiger partial charge in [0, 0.05) is 17.7 Å². The number of nitro benzene ring substituents is 1. The molecule has 1 aliphatic rings. The molecule has 0 saturated carbocycles. The number of furan rings is 1. The average molecular weight is 387 g/mol. The zero-order chi connectivity index (χ0) is 20.5. The Balaban J connectivity index is 1.62. The highest BCUT2D eigenvalue weighted by molar-refractivity contribution is 6.32. The largest absolute Gasteiger partial charge is 0.457 e. The number of hydrogen-bond acceptors (Lipinski definition) is 5. The van der Waals surface area contributed by atoms with E-state index in [4.69, 9.17) is 4.42 Å². The summed E-state index contributed by atoms with van der Waals surface area (Å²) in [6.45, 7) is 3.72. The van der Waals surface area contributed by atoms with Crippen LogP contribution in [0.3, 0.4) is 0 Å². The van der Waals surface area contributed by atoms with Crippen LogP contribution in [0, 0.1) is 17.0 Å². The minimum atomic E-state index is -0.452. The van der Waals surface area contributed by atoms with Crippen molar-refractivity contribution in [2.45, 2.75) is 13.8 Å². The van der Waals surface area contributed by atoms with Gasteiger partial charge < -0.3 is 4.42 Å². The van der Waals surface area contributed by atoms with E-state index in [-0.39, 0.29) is 11.6 Å². The highest BCUT2D eigenvalue weighted by atomic mass is 16.6. The second kappa shape index (κ2) is 7.20. The van der Waals surface area contributed by atoms with Crippen molar-refractivity contribution in [3.05, 3.63) is 87.7 Å². The molecule has 144 valence electrons. The van der Waals surface area contributed by atoms with Crippen LogP contribution in [0.2, 0.25) is 0 Å². The molecule has 7 nitrogen and oxygen atoms in total. The van der Waals surface area contributed by atoms with Gasteiger partial charge in [-0.15, -0.1) is 0 Å². The Morgan fingerprint density at radius 2 is 1.86 bits per heavy atom. The molecule has 1 aliphatic heterocycles. The first-order valence-electron chi connectivity index (χ1n) is 8.95. The Morgan fingerprint density at radius 3 is 2.62 bits per heavy atom. The number of benzene rings is 2. The van der Waals surface area contributed by atoms with Gasteiger partial charge in [0.25, 0.3) is 11.6 Å². The van der Waals surface area contributed by atoms with Crippen LogP contribution in [0.4, 0.5) is 11.4 Å². The number of non-ortho nitro benzene ring substituents is 1. The van der Waals surface area contributed by atoms with Gasteiger partial charge in [0.1, 0.15) is 11.5 Å². The second-order valence-corrected chi connectivity index (χ2v) is 6.71. The third-order valence-electron chi connectivity index (χ3n) is 4.56. The maximum atomic E-state index is 12.9. The molecule has 1 amide bonds. The van der Waals surface area contributed by atoms with Crippen molar-refractivity contribution in [2.24, 2.45) is 5.10 Å². The van der Waals surface area contributed by atoms with E-state index in [0.717, 1.165) is 5.56 Å². The van der Waals surface area contributed by atoms with E-state index in [0.29, 0.717) is 34.1 Å². The van der Waals surface area contributed by atoms with E-state index in [1.807, 2.05) is 31.2 Å². The van der Waals surface area contributed by atoms with Crippen LogP contribution in [0.25, 0.3) is 17.4 Å². The summed E-state index contributed by atoms with van der Waals surface area (Å²) in [5, 5.41) is 16.7. The van der Waals surface area contributed by atoms with Crippen molar-refractivity contribution >= 4 is 29.1 Å².